The molecule has 0 fully saturated rings. The summed E-state index contributed by atoms with van der Waals surface area (Å²) < 4.78 is 0. The number of rotatable bonds is 17. The van der Waals surface area contributed by atoms with E-state index in [0.717, 1.165) is 0 Å². The summed E-state index contributed by atoms with van der Waals surface area (Å²) in [6.45, 7) is 10.4. The maximum Gasteiger partial charge on any atom is 0.101 e. The Labute approximate surface area is 165 Å². The molecule has 0 aromatic rings. The molecule has 1 rings (SSSR count). The summed E-state index contributed by atoms with van der Waals surface area (Å²) in [5, 5.41) is 0. The van der Waals surface area contributed by atoms with Crippen molar-refractivity contribution in [1.29, 1.82) is 0 Å². The average Bonchev–Trinajstić information content (AvgIpc) is 3.02. The standard InChI is InChI=1S/C24H48N2/c1-5-7-8-9-10-11-12-13-14-15-16-17-18-19-24-25(20-6-2)21-22-26(24)23(3)4/h21-24H,5-20H2,1-4H3. The first-order valence-corrected chi connectivity index (χ1v) is 11.9. The van der Waals surface area contributed by atoms with Crippen molar-refractivity contribution in [2.45, 2.75) is 136 Å². The van der Waals surface area contributed by atoms with E-state index in [9.17, 15) is 0 Å². The van der Waals surface area contributed by atoms with E-state index in [2.05, 4.69) is 49.9 Å². The Morgan fingerprint density at radius 2 is 1.15 bits per heavy atom. The fourth-order valence-electron chi connectivity index (χ4n) is 4.19. The van der Waals surface area contributed by atoms with Crippen molar-refractivity contribution in [3.05, 3.63) is 12.4 Å². The lowest BCUT2D eigenvalue weighted by molar-refractivity contribution is 0.115. The summed E-state index contributed by atoms with van der Waals surface area (Å²) in [6.07, 6.45) is 26.5. The SMILES string of the molecule is CCCCCCCCCCCCCCCC1N(CCC)C=CN1C(C)C. The maximum absolute atomic E-state index is 2.56. The van der Waals surface area contributed by atoms with Gasteiger partial charge >= 0.3 is 0 Å². The Hall–Kier alpha value is -0.660. The second-order valence-corrected chi connectivity index (χ2v) is 8.59. The summed E-state index contributed by atoms with van der Waals surface area (Å²) in [4.78, 5) is 5.11. The largest absolute Gasteiger partial charge is 0.356 e. The third-order valence-electron chi connectivity index (χ3n) is 5.80. The zero-order valence-corrected chi connectivity index (χ0v) is 18.5. The molecule has 0 N–H and O–H groups in total. The van der Waals surface area contributed by atoms with Crippen LogP contribution in [0.5, 0.6) is 0 Å². The van der Waals surface area contributed by atoms with Crippen LogP contribution in [0.3, 0.4) is 0 Å². The topological polar surface area (TPSA) is 6.48 Å². The van der Waals surface area contributed by atoms with Crippen LogP contribution >= 0.6 is 0 Å². The first-order chi connectivity index (χ1) is 12.7. The molecule has 0 spiro atoms. The Morgan fingerprint density at radius 1 is 0.654 bits per heavy atom. The van der Waals surface area contributed by atoms with Gasteiger partial charge in [0.05, 0.1) is 0 Å². The number of unbranched alkanes of at least 4 members (excludes halogenated alkanes) is 12. The molecule has 2 nitrogen and oxygen atoms in total. The highest BCUT2D eigenvalue weighted by molar-refractivity contribution is 4.98. The van der Waals surface area contributed by atoms with Gasteiger partial charge in [0.1, 0.15) is 6.17 Å². The quantitative estimate of drug-likeness (QED) is 0.244. The highest BCUT2D eigenvalue weighted by atomic mass is 15.4. The van der Waals surface area contributed by atoms with Crippen molar-refractivity contribution in [2.24, 2.45) is 0 Å². The van der Waals surface area contributed by atoms with Gasteiger partial charge in [0, 0.05) is 25.0 Å². The lowest BCUT2D eigenvalue weighted by Gasteiger charge is -2.35. The van der Waals surface area contributed by atoms with E-state index in [4.69, 9.17) is 0 Å². The molecular formula is C24H48N2. The van der Waals surface area contributed by atoms with Crippen molar-refractivity contribution in [2.75, 3.05) is 6.54 Å². The van der Waals surface area contributed by atoms with Gasteiger partial charge in [-0.1, -0.05) is 90.9 Å². The molecule has 0 saturated carbocycles. The van der Waals surface area contributed by atoms with Crippen molar-refractivity contribution >= 4 is 0 Å². The molecule has 1 heterocycles. The van der Waals surface area contributed by atoms with Gasteiger partial charge in [0.15, 0.2) is 0 Å². The van der Waals surface area contributed by atoms with E-state index >= 15 is 0 Å². The highest BCUT2D eigenvalue weighted by Gasteiger charge is 2.26. The van der Waals surface area contributed by atoms with Gasteiger partial charge in [0.25, 0.3) is 0 Å². The minimum atomic E-state index is 0.611. The molecule has 1 aliphatic heterocycles. The van der Waals surface area contributed by atoms with Crippen molar-refractivity contribution in [1.82, 2.24) is 9.80 Å². The van der Waals surface area contributed by atoms with Crippen molar-refractivity contribution < 1.29 is 0 Å². The highest BCUT2D eigenvalue weighted by Crippen LogP contribution is 2.24. The molecule has 1 aliphatic rings. The lowest BCUT2D eigenvalue weighted by Crippen LogP contribution is -2.42. The Morgan fingerprint density at radius 3 is 1.62 bits per heavy atom. The molecule has 0 bridgehead atoms. The van der Waals surface area contributed by atoms with E-state index in [1.54, 1.807) is 0 Å². The van der Waals surface area contributed by atoms with Crippen LogP contribution < -0.4 is 0 Å². The average molecular weight is 365 g/mol. The summed E-state index contributed by atoms with van der Waals surface area (Å²) in [5.74, 6) is 0. The molecule has 0 aromatic heterocycles. The van der Waals surface area contributed by atoms with Gasteiger partial charge in [-0.3, -0.25) is 0 Å². The fraction of sp³-hybridized carbons (Fsp3) is 0.917. The minimum absolute atomic E-state index is 0.611. The van der Waals surface area contributed by atoms with Crippen LogP contribution in [0.4, 0.5) is 0 Å². The number of nitrogens with zero attached hydrogens (tertiary/aromatic N) is 2. The van der Waals surface area contributed by atoms with Gasteiger partial charge in [0.2, 0.25) is 0 Å². The van der Waals surface area contributed by atoms with Crippen LogP contribution in [0.25, 0.3) is 0 Å². The van der Waals surface area contributed by atoms with E-state index in [0.29, 0.717) is 12.2 Å². The van der Waals surface area contributed by atoms with Crippen LogP contribution in [0.2, 0.25) is 0 Å². The smallest absolute Gasteiger partial charge is 0.101 e. The van der Waals surface area contributed by atoms with Crippen LogP contribution in [0, 0.1) is 0 Å². The molecule has 0 aliphatic carbocycles. The lowest BCUT2D eigenvalue weighted by atomic mass is 10.0. The molecule has 1 unspecified atom stereocenters. The van der Waals surface area contributed by atoms with Crippen molar-refractivity contribution in [3.63, 3.8) is 0 Å². The Bertz CT molecular complexity index is 337. The second kappa shape index (κ2) is 15.4. The Kier molecular flexibility index (Phi) is 13.9. The van der Waals surface area contributed by atoms with Gasteiger partial charge in [-0.2, -0.15) is 0 Å². The van der Waals surface area contributed by atoms with E-state index < -0.39 is 0 Å². The minimum Gasteiger partial charge on any atom is -0.356 e. The van der Waals surface area contributed by atoms with Crippen LogP contribution in [0.1, 0.15) is 124 Å². The zero-order chi connectivity index (χ0) is 19.0. The molecule has 154 valence electrons. The molecule has 2 heteroatoms. The summed E-state index contributed by atoms with van der Waals surface area (Å²) >= 11 is 0. The van der Waals surface area contributed by atoms with E-state index in [1.165, 1.54) is 103 Å². The van der Waals surface area contributed by atoms with E-state index in [1.807, 2.05) is 0 Å². The van der Waals surface area contributed by atoms with E-state index in [-0.39, 0.29) is 0 Å². The number of hydrogen-bond acceptors (Lipinski definition) is 2. The second-order valence-electron chi connectivity index (χ2n) is 8.59. The first kappa shape index (κ1) is 23.4. The molecular weight excluding hydrogens is 316 g/mol. The first-order valence-electron chi connectivity index (χ1n) is 11.9. The molecule has 0 amide bonds. The molecule has 0 aromatic carbocycles. The van der Waals surface area contributed by atoms with Gasteiger partial charge in [-0.05, 0) is 33.1 Å². The fourth-order valence-corrected chi connectivity index (χ4v) is 4.19. The van der Waals surface area contributed by atoms with Gasteiger partial charge in [-0.25, -0.2) is 0 Å². The normalized spacial score (nSPS) is 17.0. The predicted molar refractivity (Wildman–Crippen MR) is 117 cm³/mol. The summed E-state index contributed by atoms with van der Waals surface area (Å²) in [5.41, 5.74) is 0. The Balaban J connectivity index is 1.97. The summed E-state index contributed by atoms with van der Waals surface area (Å²) in [6, 6.07) is 0.611. The van der Waals surface area contributed by atoms with Crippen LogP contribution in [-0.4, -0.2) is 28.6 Å². The maximum atomic E-state index is 2.56. The van der Waals surface area contributed by atoms with Gasteiger partial charge in [-0.15, -0.1) is 0 Å². The van der Waals surface area contributed by atoms with Gasteiger partial charge < -0.3 is 9.80 Å². The third-order valence-corrected chi connectivity index (χ3v) is 5.80. The third kappa shape index (κ3) is 9.88. The monoisotopic (exact) mass is 364 g/mol. The molecule has 1 atom stereocenters. The molecule has 0 saturated heterocycles. The predicted octanol–water partition coefficient (Wildman–Crippen LogP) is 7.70. The molecule has 26 heavy (non-hydrogen) atoms. The van der Waals surface area contributed by atoms with Crippen LogP contribution in [-0.2, 0) is 0 Å². The van der Waals surface area contributed by atoms with Crippen LogP contribution in [0.15, 0.2) is 12.4 Å². The molecule has 0 radical (unpaired) electrons. The summed E-state index contributed by atoms with van der Waals surface area (Å²) in [7, 11) is 0. The van der Waals surface area contributed by atoms with Crippen molar-refractivity contribution in [3.8, 4) is 0 Å². The number of hydrogen-bond donors (Lipinski definition) is 0. The zero-order valence-electron chi connectivity index (χ0n) is 18.5.